The van der Waals surface area contributed by atoms with E-state index in [4.69, 9.17) is 4.55 Å². The Balaban J connectivity index is 3.98. The summed E-state index contributed by atoms with van der Waals surface area (Å²) < 4.78 is 31.0. The Morgan fingerprint density at radius 3 is 2.13 bits per heavy atom. The van der Waals surface area contributed by atoms with Crippen molar-refractivity contribution in [2.24, 2.45) is 5.92 Å². The summed E-state index contributed by atoms with van der Waals surface area (Å²) in [5, 5.41) is -0.549. The van der Waals surface area contributed by atoms with Gasteiger partial charge < -0.3 is 0 Å². The van der Waals surface area contributed by atoms with E-state index in [1.807, 2.05) is 6.92 Å². The minimum atomic E-state index is -3.83. The molecule has 0 heterocycles. The molecule has 15 heavy (non-hydrogen) atoms. The molecule has 0 fully saturated rings. The van der Waals surface area contributed by atoms with Gasteiger partial charge in [0, 0.05) is 0 Å². The van der Waals surface area contributed by atoms with Crippen LogP contribution in [0, 0.1) is 5.92 Å². The maximum Gasteiger partial charge on any atom is 0.267 e. The van der Waals surface area contributed by atoms with Crippen LogP contribution in [0.4, 0.5) is 0 Å². The molecule has 0 aromatic heterocycles. The standard InChI is InChI=1S/C11H24O3S/c1-4-7-11(15(12,13)14)9-6-8-10(3)5-2/h10-11H,4-9H2,1-3H3,(H,12,13,14). The lowest BCUT2D eigenvalue weighted by atomic mass is 10.00. The number of hydrogen-bond donors (Lipinski definition) is 1. The molecule has 92 valence electrons. The van der Waals surface area contributed by atoms with Crippen LogP contribution < -0.4 is 0 Å². The maximum absolute atomic E-state index is 11.0. The fraction of sp³-hybridized carbons (Fsp3) is 1.00. The van der Waals surface area contributed by atoms with Gasteiger partial charge in [-0.15, -0.1) is 0 Å². The van der Waals surface area contributed by atoms with Gasteiger partial charge in [-0.2, -0.15) is 8.42 Å². The van der Waals surface area contributed by atoms with Crippen LogP contribution in [0.2, 0.25) is 0 Å². The van der Waals surface area contributed by atoms with Crippen LogP contribution in [-0.4, -0.2) is 18.2 Å². The normalized spacial score (nSPS) is 16.3. The minimum Gasteiger partial charge on any atom is -0.285 e. The molecular formula is C11H24O3S. The minimum absolute atomic E-state index is 0.549. The van der Waals surface area contributed by atoms with Gasteiger partial charge in [-0.3, -0.25) is 4.55 Å². The zero-order chi connectivity index (χ0) is 11.9. The van der Waals surface area contributed by atoms with Gasteiger partial charge in [-0.1, -0.05) is 46.5 Å². The molecule has 0 aromatic carbocycles. The van der Waals surface area contributed by atoms with Crippen LogP contribution in [0.3, 0.4) is 0 Å². The van der Waals surface area contributed by atoms with E-state index in [0.717, 1.165) is 25.7 Å². The zero-order valence-corrected chi connectivity index (χ0v) is 10.9. The van der Waals surface area contributed by atoms with Crippen molar-refractivity contribution in [1.29, 1.82) is 0 Å². The third-order valence-corrected chi connectivity index (χ3v) is 4.27. The van der Waals surface area contributed by atoms with Crippen LogP contribution >= 0.6 is 0 Å². The Bertz CT molecular complexity index is 247. The smallest absolute Gasteiger partial charge is 0.267 e. The highest BCUT2D eigenvalue weighted by molar-refractivity contribution is 7.86. The molecule has 0 saturated carbocycles. The van der Waals surface area contributed by atoms with Crippen molar-refractivity contribution in [3.8, 4) is 0 Å². The van der Waals surface area contributed by atoms with E-state index >= 15 is 0 Å². The van der Waals surface area contributed by atoms with Gasteiger partial charge in [0.25, 0.3) is 10.1 Å². The molecule has 0 rings (SSSR count). The summed E-state index contributed by atoms with van der Waals surface area (Å²) in [6.07, 6.45) is 5.03. The predicted octanol–water partition coefficient (Wildman–Crippen LogP) is 3.26. The van der Waals surface area contributed by atoms with Gasteiger partial charge in [0.15, 0.2) is 0 Å². The summed E-state index contributed by atoms with van der Waals surface area (Å²) >= 11 is 0. The van der Waals surface area contributed by atoms with Crippen molar-refractivity contribution in [3.63, 3.8) is 0 Å². The van der Waals surface area contributed by atoms with Crippen LogP contribution in [0.15, 0.2) is 0 Å². The van der Waals surface area contributed by atoms with Crippen LogP contribution in [0.1, 0.15) is 59.3 Å². The highest BCUT2D eigenvalue weighted by Gasteiger charge is 2.21. The molecule has 2 atom stereocenters. The average molecular weight is 236 g/mol. The summed E-state index contributed by atoms with van der Waals surface area (Å²) in [6, 6.07) is 0. The summed E-state index contributed by atoms with van der Waals surface area (Å²) in [7, 11) is -3.83. The molecule has 0 spiro atoms. The highest BCUT2D eigenvalue weighted by atomic mass is 32.2. The zero-order valence-electron chi connectivity index (χ0n) is 10.1. The first-order valence-electron chi connectivity index (χ1n) is 5.88. The first kappa shape index (κ1) is 14.9. The topological polar surface area (TPSA) is 54.4 Å². The SMILES string of the molecule is CCCC(CCCC(C)CC)S(=O)(=O)O. The fourth-order valence-electron chi connectivity index (χ4n) is 1.66. The Morgan fingerprint density at radius 1 is 1.13 bits per heavy atom. The van der Waals surface area contributed by atoms with Gasteiger partial charge in [-0.05, 0) is 18.8 Å². The van der Waals surface area contributed by atoms with Crippen molar-refractivity contribution >= 4 is 10.1 Å². The molecule has 0 aliphatic rings. The lowest BCUT2D eigenvalue weighted by Gasteiger charge is -2.14. The quantitative estimate of drug-likeness (QED) is 0.658. The van der Waals surface area contributed by atoms with E-state index in [-0.39, 0.29) is 0 Å². The van der Waals surface area contributed by atoms with Crippen molar-refractivity contribution in [2.45, 2.75) is 64.5 Å². The lowest BCUT2D eigenvalue weighted by Crippen LogP contribution is -2.20. The predicted molar refractivity (Wildman–Crippen MR) is 63.6 cm³/mol. The van der Waals surface area contributed by atoms with Crippen molar-refractivity contribution in [1.82, 2.24) is 0 Å². The molecule has 3 nitrogen and oxygen atoms in total. The Labute approximate surface area is 94.0 Å². The summed E-state index contributed by atoms with van der Waals surface area (Å²) in [5.41, 5.74) is 0. The van der Waals surface area contributed by atoms with Crippen LogP contribution in [0.5, 0.6) is 0 Å². The molecule has 0 saturated heterocycles. The van der Waals surface area contributed by atoms with Crippen molar-refractivity contribution < 1.29 is 13.0 Å². The van der Waals surface area contributed by atoms with E-state index in [2.05, 4.69) is 13.8 Å². The number of rotatable bonds is 8. The van der Waals surface area contributed by atoms with Gasteiger partial charge in [0.1, 0.15) is 0 Å². The van der Waals surface area contributed by atoms with E-state index in [1.54, 1.807) is 0 Å². The molecule has 0 aromatic rings. The Hall–Kier alpha value is -0.0900. The molecule has 0 aliphatic heterocycles. The van der Waals surface area contributed by atoms with Gasteiger partial charge in [0.2, 0.25) is 0 Å². The summed E-state index contributed by atoms with van der Waals surface area (Å²) in [5.74, 6) is 0.647. The summed E-state index contributed by atoms with van der Waals surface area (Å²) in [6.45, 7) is 6.24. The first-order valence-corrected chi connectivity index (χ1v) is 7.38. The van der Waals surface area contributed by atoms with Crippen molar-refractivity contribution in [2.75, 3.05) is 0 Å². The first-order chi connectivity index (χ1) is 6.91. The third kappa shape index (κ3) is 6.90. The second-order valence-electron chi connectivity index (χ2n) is 4.37. The average Bonchev–Trinajstić information content (AvgIpc) is 2.14. The molecule has 2 unspecified atom stereocenters. The molecule has 4 heteroatoms. The monoisotopic (exact) mass is 236 g/mol. The highest BCUT2D eigenvalue weighted by Crippen LogP contribution is 2.18. The molecular weight excluding hydrogens is 212 g/mol. The van der Waals surface area contributed by atoms with E-state index in [0.29, 0.717) is 18.8 Å². The lowest BCUT2D eigenvalue weighted by molar-refractivity contribution is 0.434. The van der Waals surface area contributed by atoms with Gasteiger partial charge in [0.05, 0.1) is 5.25 Å². The molecule has 0 amide bonds. The van der Waals surface area contributed by atoms with Crippen molar-refractivity contribution in [3.05, 3.63) is 0 Å². The van der Waals surface area contributed by atoms with Crippen LogP contribution in [-0.2, 0) is 10.1 Å². The van der Waals surface area contributed by atoms with Crippen LogP contribution in [0.25, 0.3) is 0 Å². The molecule has 1 N–H and O–H groups in total. The fourth-order valence-corrected chi connectivity index (χ4v) is 2.66. The second-order valence-corrected chi connectivity index (χ2v) is 6.07. The molecule has 0 radical (unpaired) electrons. The second kappa shape index (κ2) is 7.23. The molecule has 0 bridgehead atoms. The van der Waals surface area contributed by atoms with E-state index in [1.165, 1.54) is 0 Å². The maximum atomic E-state index is 11.0. The number of hydrogen-bond acceptors (Lipinski definition) is 2. The Kier molecular flexibility index (Phi) is 7.18. The summed E-state index contributed by atoms with van der Waals surface area (Å²) in [4.78, 5) is 0. The van der Waals surface area contributed by atoms with E-state index < -0.39 is 15.4 Å². The largest absolute Gasteiger partial charge is 0.285 e. The molecule has 0 aliphatic carbocycles. The Morgan fingerprint density at radius 2 is 1.73 bits per heavy atom. The van der Waals surface area contributed by atoms with Gasteiger partial charge in [-0.25, -0.2) is 0 Å². The third-order valence-electron chi connectivity index (χ3n) is 2.95. The van der Waals surface area contributed by atoms with E-state index in [9.17, 15) is 8.42 Å². The van der Waals surface area contributed by atoms with Gasteiger partial charge >= 0.3 is 0 Å².